The van der Waals surface area contributed by atoms with Crippen LogP contribution in [0.15, 0.2) is 48.8 Å². The maximum atomic E-state index is 6.15. The number of anilines is 2. The van der Waals surface area contributed by atoms with Crippen molar-refractivity contribution in [1.29, 1.82) is 0 Å². The van der Waals surface area contributed by atoms with Gasteiger partial charge < -0.3 is 5.32 Å². The van der Waals surface area contributed by atoms with Crippen LogP contribution in [0.2, 0.25) is 15.1 Å². The molecule has 5 nitrogen and oxygen atoms in total. The second-order valence-electron chi connectivity index (χ2n) is 5.04. The molecule has 2 aromatic carbocycles. The SMILES string of the molecule is S=C(Nc1ncn(Cc2ccccc2Cl)n1)Nc1cccc(Cl)c1Cl. The molecule has 0 bridgehead atoms. The Balaban J connectivity index is 1.64. The maximum absolute atomic E-state index is 6.15. The average Bonchev–Trinajstić information content (AvgIpc) is 3.01. The molecule has 1 aromatic heterocycles. The van der Waals surface area contributed by atoms with E-state index in [1.807, 2.05) is 24.3 Å². The van der Waals surface area contributed by atoms with Crippen LogP contribution in [0.25, 0.3) is 0 Å². The van der Waals surface area contributed by atoms with Gasteiger partial charge >= 0.3 is 0 Å². The van der Waals surface area contributed by atoms with Crippen molar-refractivity contribution in [2.45, 2.75) is 6.54 Å². The van der Waals surface area contributed by atoms with E-state index in [0.717, 1.165) is 5.56 Å². The van der Waals surface area contributed by atoms with E-state index in [1.165, 1.54) is 0 Å². The highest BCUT2D eigenvalue weighted by Gasteiger charge is 2.08. The van der Waals surface area contributed by atoms with Gasteiger partial charge in [0.05, 0.1) is 22.3 Å². The zero-order valence-corrected chi connectivity index (χ0v) is 15.8. The van der Waals surface area contributed by atoms with Gasteiger partial charge in [-0.25, -0.2) is 9.67 Å². The molecule has 0 fully saturated rings. The Kier molecular flexibility index (Phi) is 5.75. The lowest BCUT2D eigenvalue weighted by Crippen LogP contribution is -2.20. The molecule has 1 heterocycles. The molecular weight excluding hydrogens is 401 g/mol. The van der Waals surface area contributed by atoms with Gasteiger partial charge in [0.1, 0.15) is 6.33 Å². The highest BCUT2D eigenvalue weighted by Crippen LogP contribution is 2.29. The molecule has 0 aliphatic heterocycles. The molecule has 3 rings (SSSR count). The molecule has 2 N–H and O–H groups in total. The van der Waals surface area contributed by atoms with Gasteiger partial charge in [0.25, 0.3) is 0 Å². The first kappa shape index (κ1) is 17.9. The van der Waals surface area contributed by atoms with Gasteiger partial charge in [0, 0.05) is 5.02 Å². The van der Waals surface area contributed by atoms with Gasteiger partial charge in [-0.15, -0.1) is 5.10 Å². The lowest BCUT2D eigenvalue weighted by atomic mass is 10.2. The first-order valence-corrected chi connectivity index (χ1v) is 8.72. The molecule has 0 saturated heterocycles. The van der Waals surface area contributed by atoms with Crippen LogP contribution in [0.3, 0.4) is 0 Å². The molecule has 0 spiro atoms. The molecule has 0 aliphatic carbocycles. The van der Waals surface area contributed by atoms with E-state index in [9.17, 15) is 0 Å². The van der Waals surface area contributed by atoms with E-state index in [1.54, 1.807) is 29.2 Å². The van der Waals surface area contributed by atoms with Gasteiger partial charge in [-0.2, -0.15) is 0 Å². The van der Waals surface area contributed by atoms with Crippen LogP contribution >= 0.6 is 47.0 Å². The third-order valence-corrected chi connectivity index (χ3v) is 4.64. The minimum Gasteiger partial charge on any atom is -0.331 e. The Morgan fingerprint density at radius 2 is 1.76 bits per heavy atom. The van der Waals surface area contributed by atoms with Crippen LogP contribution < -0.4 is 10.6 Å². The van der Waals surface area contributed by atoms with Crippen molar-refractivity contribution in [2.75, 3.05) is 10.6 Å². The molecule has 0 unspecified atom stereocenters. The highest BCUT2D eigenvalue weighted by molar-refractivity contribution is 7.80. The zero-order chi connectivity index (χ0) is 17.8. The Labute approximate surface area is 164 Å². The normalized spacial score (nSPS) is 10.5. The van der Waals surface area contributed by atoms with Gasteiger partial charge in [0.15, 0.2) is 5.11 Å². The van der Waals surface area contributed by atoms with Crippen LogP contribution in [-0.4, -0.2) is 19.9 Å². The van der Waals surface area contributed by atoms with E-state index in [4.69, 9.17) is 47.0 Å². The van der Waals surface area contributed by atoms with E-state index in [0.29, 0.717) is 38.4 Å². The number of nitrogens with zero attached hydrogens (tertiary/aromatic N) is 3. The summed E-state index contributed by atoms with van der Waals surface area (Å²) in [4.78, 5) is 4.17. The summed E-state index contributed by atoms with van der Waals surface area (Å²) in [6.45, 7) is 0.509. The Morgan fingerprint density at radius 1 is 1.00 bits per heavy atom. The van der Waals surface area contributed by atoms with Gasteiger partial charge in [0.2, 0.25) is 5.95 Å². The van der Waals surface area contributed by atoms with Crippen molar-refractivity contribution in [1.82, 2.24) is 14.8 Å². The maximum Gasteiger partial charge on any atom is 0.248 e. The second kappa shape index (κ2) is 8.01. The summed E-state index contributed by atoms with van der Waals surface area (Å²) in [7, 11) is 0. The molecule has 128 valence electrons. The molecule has 0 radical (unpaired) electrons. The first-order valence-electron chi connectivity index (χ1n) is 7.18. The number of halogens is 3. The summed E-state index contributed by atoms with van der Waals surface area (Å²) in [5.74, 6) is 0.364. The third-order valence-electron chi connectivity index (χ3n) is 3.25. The number of thiocarbonyl (C=S) groups is 1. The minimum atomic E-state index is 0.305. The number of nitrogens with one attached hydrogen (secondary N) is 2. The summed E-state index contributed by atoms with van der Waals surface area (Å²) in [6.07, 6.45) is 1.60. The Morgan fingerprint density at radius 3 is 2.56 bits per heavy atom. The summed E-state index contributed by atoms with van der Waals surface area (Å²) in [5, 5.41) is 12.0. The molecule has 0 aliphatic rings. The summed E-state index contributed by atoms with van der Waals surface area (Å²) < 4.78 is 1.67. The van der Waals surface area contributed by atoms with Crippen molar-refractivity contribution in [2.24, 2.45) is 0 Å². The molecular formula is C16H12Cl3N5S. The van der Waals surface area contributed by atoms with Gasteiger partial charge in [-0.3, -0.25) is 5.32 Å². The highest BCUT2D eigenvalue weighted by atomic mass is 35.5. The summed E-state index contributed by atoms with van der Waals surface area (Å²) in [6, 6.07) is 12.8. The van der Waals surface area contributed by atoms with Crippen molar-refractivity contribution in [3.05, 3.63) is 69.4 Å². The van der Waals surface area contributed by atoms with E-state index >= 15 is 0 Å². The minimum absolute atomic E-state index is 0.305. The van der Waals surface area contributed by atoms with Gasteiger partial charge in [-0.05, 0) is 36.0 Å². The van der Waals surface area contributed by atoms with Crippen molar-refractivity contribution >= 4 is 63.8 Å². The molecule has 0 saturated carbocycles. The second-order valence-corrected chi connectivity index (χ2v) is 6.64. The monoisotopic (exact) mass is 411 g/mol. The van der Waals surface area contributed by atoms with Crippen LogP contribution in [0.1, 0.15) is 5.56 Å². The number of hydrogen-bond acceptors (Lipinski definition) is 3. The fraction of sp³-hybridized carbons (Fsp3) is 0.0625. The van der Waals surface area contributed by atoms with E-state index in [-0.39, 0.29) is 0 Å². The van der Waals surface area contributed by atoms with Crippen molar-refractivity contribution < 1.29 is 0 Å². The average molecular weight is 413 g/mol. The van der Waals surface area contributed by atoms with Gasteiger partial charge in [-0.1, -0.05) is 59.1 Å². The Bertz CT molecular complexity index is 912. The summed E-state index contributed by atoms with van der Waals surface area (Å²) >= 11 is 23.5. The lowest BCUT2D eigenvalue weighted by molar-refractivity contribution is 0.687. The molecule has 9 heteroatoms. The largest absolute Gasteiger partial charge is 0.331 e. The van der Waals surface area contributed by atoms with Crippen molar-refractivity contribution in [3.8, 4) is 0 Å². The topological polar surface area (TPSA) is 54.8 Å². The van der Waals surface area contributed by atoms with Crippen LogP contribution in [-0.2, 0) is 6.54 Å². The zero-order valence-electron chi connectivity index (χ0n) is 12.7. The number of rotatable bonds is 4. The fourth-order valence-corrected chi connectivity index (χ4v) is 2.83. The predicted molar refractivity (Wildman–Crippen MR) is 107 cm³/mol. The lowest BCUT2D eigenvalue weighted by Gasteiger charge is -2.10. The fourth-order valence-electron chi connectivity index (χ4n) is 2.08. The van der Waals surface area contributed by atoms with Crippen molar-refractivity contribution in [3.63, 3.8) is 0 Å². The number of benzene rings is 2. The summed E-state index contributed by atoms with van der Waals surface area (Å²) in [5.41, 5.74) is 1.55. The smallest absolute Gasteiger partial charge is 0.248 e. The predicted octanol–water partition coefficient (Wildman–Crippen LogP) is 5.10. The molecule has 25 heavy (non-hydrogen) atoms. The van der Waals surface area contributed by atoms with Crippen LogP contribution in [0.5, 0.6) is 0 Å². The molecule has 3 aromatic rings. The van der Waals surface area contributed by atoms with Crippen LogP contribution in [0.4, 0.5) is 11.6 Å². The molecule has 0 atom stereocenters. The first-order chi connectivity index (χ1) is 12.0. The quantitative estimate of drug-likeness (QED) is 0.584. The van der Waals surface area contributed by atoms with E-state index < -0.39 is 0 Å². The number of hydrogen-bond donors (Lipinski definition) is 2. The Hall–Kier alpha value is -1.86. The van der Waals surface area contributed by atoms with E-state index in [2.05, 4.69) is 20.7 Å². The third kappa shape index (κ3) is 4.61. The standard InChI is InChI=1S/C16H12Cl3N5S/c17-11-5-2-1-4-10(11)8-24-9-20-15(23-24)22-16(25)21-13-7-3-6-12(18)14(13)19/h1-7,9H,8H2,(H2,21,22,23,25). The van der Waals surface area contributed by atoms with Crippen LogP contribution in [0, 0.1) is 0 Å². The molecule has 0 amide bonds. The number of aromatic nitrogens is 3.